The molecule has 0 amide bonds. The molecule has 0 spiro atoms. The Bertz CT molecular complexity index is 587. The average molecular weight is 199 g/mol. The molecule has 15 heavy (non-hydrogen) atoms. The van der Waals surface area contributed by atoms with Crippen LogP contribution in [0.2, 0.25) is 0 Å². The number of aryl methyl sites for hydroxylation is 1. The second-order valence-electron chi connectivity index (χ2n) is 3.09. The van der Waals surface area contributed by atoms with E-state index in [1.165, 1.54) is 6.20 Å². The Morgan fingerprint density at radius 1 is 1.47 bits per heavy atom. The van der Waals surface area contributed by atoms with Crippen molar-refractivity contribution in [3.8, 4) is 11.8 Å². The fraction of sp³-hybridized carbons (Fsp3) is 0.182. The zero-order chi connectivity index (χ0) is 10.8. The minimum atomic E-state index is 0.526. The van der Waals surface area contributed by atoms with Gasteiger partial charge in [-0.2, -0.15) is 5.10 Å². The lowest BCUT2D eigenvalue weighted by molar-refractivity contribution is 0.112. The van der Waals surface area contributed by atoms with E-state index in [0.717, 1.165) is 17.2 Å². The lowest BCUT2D eigenvalue weighted by Gasteiger charge is -1.94. The van der Waals surface area contributed by atoms with E-state index in [1.54, 1.807) is 24.9 Å². The zero-order valence-corrected chi connectivity index (χ0v) is 8.48. The van der Waals surface area contributed by atoms with Gasteiger partial charge in [0.25, 0.3) is 0 Å². The summed E-state index contributed by atoms with van der Waals surface area (Å²) in [6.45, 7) is 1.74. The Morgan fingerprint density at radius 3 is 2.93 bits per heavy atom. The van der Waals surface area contributed by atoms with Crippen molar-refractivity contribution in [3.63, 3.8) is 0 Å². The highest BCUT2D eigenvalue weighted by atomic mass is 16.1. The molecule has 0 aromatic carbocycles. The molecule has 4 nitrogen and oxygen atoms in total. The molecule has 0 N–H and O–H groups in total. The number of carbonyl (C=O) groups is 1. The standard InChI is InChI=1S/C11H9N3O/c1-3-4-9-11-8(7-15)5-12-6-10(11)14(2)13-9/h5-7H,1-2H3. The van der Waals surface area contributed by atoms with Crippen molar-refractivity contribution in [2.45, 2.75) is 6.92 Å². The maximum absolute atomic E-state index is 10.9. The van der Waals surface area contributed by atoms with Gasteiger partial charge >= 0.3 is 0 Å². The summed E-state index contributed by atoms with van der Waals surface area (Å²) in [5.41, 5.74) is 1.97. The summed E-state index contributed by atoms with van der Waals surface area (Å²) < 4.78 is 1.68. The number of pyridine rings is 1. The first-order valence-electron chi connectivity index (χ1n) is 4.46. The monoisotopic (exact) mass is 199 g/mol. The molecule has 74 valence electrons. The summed E-state index contributed by atoms with van der Waals surface area (Å²) in [7, 11) is 1.80. The highest BCUT2D eigenvalue weighted by Gasteiger charge is 2.10. The number of nitrogens with zero attached hydrogens (tertiary/aromatic N) is 3. The lowest BCUT2D eigenvalue weighted by atomic mass is 10.1. The fourth-order valence-corrected chi connectivity index (χ4v) is 1.52. The molecular formula is C11H9N3O. The van der Waals surface area contributed by atoms with E-state index in [1.807, 2.05) is 0 Å². The predicted octanol–water partition coefficient (Wildman–Crippen LogP) is 1.15. The first-order chi connectivity index (χ1) is 7.27. The number of aldehydes is 1. The van der Waals surface area contributed by atoms with E-state index in [-0.39, 0.29) is 0 Å². The molecule has 2 aromatic heterocycles. The van der Waals surface area contributed by atoms with Gasteiger partial charge < -0.3 is 0 Å². The third kappa shape index (κ3) is 1.38. The number of hydrogen-bond donors (Lipinski definition) is 0. The van der Waals surface area contributed by atoms with Gasteiger partial charge in [0.05, 0.1) is 11.7 Å². The Labute approximate surface area is 86.9 Å². The van der Waals surface area contributed by atoms with Gasteiger partial charge in [-0.1, -0.05) is 5.92 Å². The number of hydrogen-bond acceptors (Lipinski definition) is 3. The van der Waals surface area contributed by atoms with Crippen molar-refractivity contribution >= 4 is 17.2 Å². The Kier molecular flexibility index (Phi) is 2.22. The van der Waals surface area contributed by atoms with Crippen molar-refractivity contribution in [1.82, 2.24) is 14.8 Å². The molecular weight excluding hydrogens is 190 g/mol. The van der Waals surface area contributed by atoms with Crippen LogP contribution in [0.5, 0.6) is 0 Å². The van der Waals surface area contributed by atoms with E-state index in [9.17, 15) is 4.79 Å². The lowest BCUT2D eigenvalue weighted by Crippen LogP contribution is -1.90. The van der Waals surface area contributed by atoms with Crippen molar-refractivity contribution in [3.05, 3.63) is 23.7 Å². The van der Waals surface area contributed by atoms with Gasteiger partial charge in [-0.25, -0.2) is 0 Å². The SMILES string of the molecule is CC#Cc1nn(C)c2cncc(C=O)c12. The molecule has 0 atom stereocenters. The molecule has 0 saturated carbocycles. The molecule has 4 heteroatoms. The van der Waals surface area contributed by atoms with Crippen molar-refractivity contribution in [2.75, 3.05) is 0 Å². The van der Waals surface area contributed by atoms with Gasteiger partial charge in [-0.15, -0.1) is 0 Å². The average Bonchev–Trinajstić information content (AvgIpc) is 2.57. The number of fused-ring (bicyclic) bond motifs is 1. The van der Waals surface area contributed by atoms with Crippen molar-refractivity contribution in [1.29, 1.82) is 0 Å². The maximum Gasteiger partial charge on any atom is 0.152 e. The minimum Gasteiger partial charge on any atom is -0.298 e. The van der Waals surface area contributed by atoms with Crippen LogP contribution in [-0.2, 0) is 7.05 Å². The molecule has 0 fully saturated rings. The van der Waals surface area contributed by atoms with Gasteiger partial charge in [-0.05, 0) is 12.8 Å². The summed E-state index contributed by atoms with van der Waals surface area (Å²) in [6.07, 6.45) is 3.98. The van der Waals surface area contributed by atoms with Crippen LogP contribution in [0.3, 0.4) is 0 Å². The van der Waals surface area contributed by atoms with Crippen molar-refractivity contribution < 1.29 is 4.79 Å². The summed E-state index contributed by atoms with van der Waals surface area (Å²) in [6, 6.07) is 0. The summed E-state index contributed by atoms with van der Waals surface area (Å²) in [5, 5.41) is 5.01. The Balaban J connectivity index is 2.92. The molecule has 2 heterocycles. The largest absolute Gasteiger partial charge is 0.298 e. The first kappa shape index (κ1) is 9.41. The zero-order valence-electron chi connectivity index (χ0n) is 8.48. The van der Waals surface area contributed by atoms with Crippen LogP contribution >= 0.6 is 0 Å². The van der Waals surface area contributed by atoms with Crippen LogP contribution in [0.1, 0.15) is 23.0 Å². The van der Waals surface area contributed by atoms with Crippen LogP contribution in [-0.4, -0.2) is 21.1 Å². The van der Waals surface area contributed by atoms with Gasteiger partial charge in [0.15, 0.2) is 6.29 Å². The highest BCUT2D eigenvalue weighted by Crippen LogP contribution is 2.19. The second-order valence-corrected chi connectivity index (χ2v) is 3.09. The molecule has 0 aliphatic heterocycles. The van der Waals surface area contributed by atoms with E-state index < -0.39 is 0 Å². The Hall–Kier alpha value is -2.15. The molecule has 0 bridgehead atoms. The van der Waals surface area contributed by atoms with Crippen LogP contribution < -0.4 is 0 Å². The van der Waals surface area contributed by atoms with E-state index >= 15 is 0 Å². The molecule has 0 radical (unpaired) electrons. The van der Waals surface area contributed by atoms with Crippen LogP contribution in [0.4, 0.5) is 0 Å². The topological polar surface area (TPSA) is 47.8 Å². The fourth-order valence-electron chi connectivity index (χ4n) is 1.52. The minimum absolute atomic E-state index is 0.526. The van der Waals surface area contributed by atoms with Crippen LogP contribution in [0.25, 0.3) is 10.9 Å². The number of rotatable bonds is 1. The van der Waals surface area contributed by atoms with E-state index in [0.29, 0.717) is 11.3 Å². The molecule has 0 aliphatic rings. The van der Waals surface area contributed by atoms with Gasteiger partial charge in [0, 0.05) is 24.2 Å². The van der Waals surface area contributed by atoms with Gasteiger partial charge in [0.2, 0.25) is 0 Å². The van der Waals surface area contributed by atoms with E-state index in [2.05, 4.69) is 21.9 Å². The quantitative estimate of drug-likeness (QED) is 0.511. The molecule has 2 aromatic rings. The normalized spacial score (nSPS) is 9.73. The molecule has 0 saturated heterocycles. The third-order valence-electron chi connectivity index (χ3n) is 2.16. The van der Waals surface area contributed by atoms with Gasteiger partial charge in [-0.3, -0.25) is 14.5 Å². The maximum atomic E-state index is 10.9. The van der Waals surface area contributed by atoms with Crippen LogP contribution in [0, 0.1) is 11.8 Å². The summed E-state index contributed by atoms with van der Waals surface area (Å²) in [4.78, 5) is 14.8. The second kappa shape index (κ2) is 3.54. The highest BCUT2D eigenvalue weighted by molar-refractivity contribution is 5.98. The summed E-state index contributed by atoms with van der Waals surface area (Å²) >= 11 is 0. The first-order valence-corrected chi connectivity index (χ1v) is 4.46. The van der Waals surface area contributed by atoms with E-state index in [4.69, 9.17) is 0 Å². The summed E-state index contributed by atoms with van der Waals surface area (Å²) in [5.74, 6) is 5.66. The molecule has 0 aliphatic carbocycles. The smallest absolute Gasteiger partial charge is 0.152 e. The number of aromatic nitrogens is 3. The predicted molar refractivity (Wildman–Crippen MR) is 56.4 cm³/mol. The Morgan fingerprint density at radius 2 is 2.27 bits per heavy atom. The number of carbonyl (C=O) groups excluding carboxylic acids is 1. The third-order valence-corrected chi connectivity index (χ3v) is 2.16. The molecule has 0 unspecified atom stereocenters. The van der Waals surface area contributed by atoms with Crippen LogP contribution in [0.15, 0.2) is 12.4 Å². The molecule has 2 rings (SSSR count). The van der Waals surface area contributed by atoms with Crippen molar-refractivity contribution in [2.24, 2.45) is 7.05 Å². The van der Waals surface area contributed by atoms with Gasteiger partial charge in [0.1, 0.15) is 5.69 Å².